The van der Waals surface area contributed by atoms with E-state index in [1.54, 1.807) is 25.4 Å². The highest BCUT2D eigenvalue weighted by Gasteiger charge is 2.34. The Morgan fingerprint density at radius 2 is 1.82 bits per heavy atom. The van der Waals surface area contributed by atoms with Gasteiger partial charge in [-0.25, -0.2) is 4.98 Å². The molecule has 2 aliphatic heterocycles. The molecule has 3 aromatic heterocycles. The van der Waals surface area contributed by atoms with E-state index in [-0.39, 0.29) is 11.8 Å². The van der Waals surface area contributed by atoms with Crippen molar-refractivity contribution in [3.63, 3.8) is 0 Å². The van der Waals surface area contributed by atoms with Crippen molar-refractivity contribution < 1.29 is 14.3 Å². The first-order chi connectivity index (χ1) is 18.9. The normalized spacial score (nSPS) is 18.2. The smallest absolute Gasteiger partial charge is 0.254 e. The van der Waals surface area contributed by atoms with E-state index >= 15 is 0 Å². The van der Waals surface area contributed by atoms with Crippen molar-refractivity contribution in [3.05, 3.63) is 34.7 Å². The lowest BCUT2D eigenvalue weighted by Gasteiger charge is -2.38. The number of fused-ring (bicyclic) bond motifs is 2. The number of aryl methyl sites for hydroxylation is 1. The summed E-state index contributed by atoms with van der Waals surface area (Å²) in [6.45, 7) is 5.84. The lowest BCUT2D eigenvalue weighted by atomic mass is 9.93. The first-order valence-corrected chi connectivity index (χ1v) is 15.0. The maximum absolute atomic E-state index is 13.3. The van der Waals surface area contributed by atoms with Gasteiger partial charge in [-0.15, -0.1) is 11.3 Å². The maximum Gasteiger partial charge on any atom is 0.254 e. The van der Waals surface area contributed by atoms with E-state index in [4.69, 9.17) is 9.72 Å². The van der Waals surface area contributed by atoms with Gasteiger partial charge in [-0.1, -0.05) is 0 Å². The van der Waals surface area contributed by atoms with Crippen molar-refractivity contribution in [3.8, 4) is 17.3 Å². The molecule has 0 unspecified atom stereocenters. The molecule has 9 heteroatoms. The van der Waals surface area contributed by atoms with Crippen molar-refractivity contribution in [2.24, 2.45) is 13.0 Å². The Morgan fingerprint density at radius 3 is 2.51 bits per heavy atom. The summed E-state index contributed by atoms with van der Waals surface area (Å²) in [5.74, 6) is 2.85. The molecule has 0 spiro atoms. The molecule has 1 aliphatic carbocycles. The summed E-state index contributed by atoms with van der Waals surface area (Å²) in [6, 6.07) is 6.09. The third kappa shape index (κ3) is 4.13. The van der Waals surface area contributed by atoms with Crippen LogP contribution in [0.4, 0.5) is 0 Å². The standard InChI is InChI=1S/C30H35N5O3S/c1-18(36)34-15-21(16-34)22-17-39-26-13-24(35(27(22)26)14-19-7-8-19)29-31-23-11-20(12-25(38-3)28(23)32(29)2)30(37)33-9-5-4-6-10-33/h11-13,17,19,21H,4-10,14-16H2,1-3H3. The van der Waals surface area contributed by atoms with E-state index < -0.39 is 0 Å². The van der Waals surface area contributed by atoms with Crippen LogP contribution in [0.5, 0.6) is 5.75 Å². The summed E-state index contributed by atoms with van der Waals surface area (Å²) in [5, 5.41) is 2.29. The highest BCUT2D eigenvalue weighted by molar-refractivity contribution is 7.17. The number of benzene rings is 1. The minimum Gasteiger partial charge on any atom is -0.494 e. The Bertz CT molecular complexity index is 1600. The number of aromatic nitrogens is 3. The molecule has 204 valence electrons. The fourth-order valence-corrected chi connectivity index (χ4v) is 7.43. The van der Waals surface area contributed by atoms with Gasteiger partial charge in [0.15, 0.2) is 5.82 Å². The molecule has 0 atom stereocenters. The molecule has 39 heavy (non-hydrogen) atoms. The molecular weight excluding hydrogens is 510 g/mol. The fourth-order valence-electron chi connectivity index (χ4n) is 6.35. The van der Waals surface area contributed by atoms with E-state index in [1.165, 1.54) is 35.0 Å². The number of rotatable bonds is 6. The van der Waals surface area contributed by atoms with Crippen LogP contribution in [0.3, 0.4) is 0 Å². The van der Waals surface area contributed by atoms with Gasteiger partial charge in [0.1, 0.15) is 11.3 Å². The number of hydrogen-bond acceptors (Lipinski definition) is 5. The van der Waals surface area contributed by atoms with Gasteiger partial charge in [0.2, 0.25) is 5.91 Å². The molecule has 0 bridgehead atoms. The number of nitrogens with zero attached hydrogens (tertiary/aromatic N) is 5. The zero-order chi connectivity index (χ0) is 26.8. The molecule has 0 radical (unpaired) electrons. The number of piperidine rings is 1. The highest BCUT2D eigenvalue weighted by Crippen LogP contribution is 2.43. The average molecular weight is 546 g/mol. The first-order valence-electron chi connectivity index (χ1n) is 14.1. The van der Waals surface area contributed by atoms with Gasteiger partial charge in [-0.2, -0.15) is 0 Å². The zero-order valence-electron chi connectivity index (χ0n) is 22.9. The molecule has 3 fully saturated rings. The number of methoxy groups -OCH3 is 1. The quantitative estimate of drug-likeness (QED) is 0.332. The summed E-state index contributed by atoms with van der Waals surface area (Å²) < 4.78 is 11.7. The van der Waals surface area contributed by atoms with Crippen LogP contribution in [0.2, 0.25) is 0 Å². The molecule has 2 saturated heterocycles. The lowest BCUT2D eigenvalue weighted by molar-refractivity contribution is -0.133. The minimum absolute atomic E-state index is 0.0597. The Balaban J connectivity index is 1.32. The number of imidazole rings is 1. The summed E-state index contributed by atoms with van der Waals surface area (Å²) in [5.41, 5.74) is 6.09. The predicted molar refractivity (Wildman–Crippen MR) is 154 cm³/mol. The largest absolute Gasteiger partial charge is 0.494 e. The summed E-state index contributed by atoms with van der Waals surface area (Å²) in [7, 11) is 3.71. The number of likely N-dealkylation sites (tertiary alicyclic amines) is 2. The van der Waals surface area contributed by atoms with E-state index in [9.17, 15) is 9.59 Å². The molecule has 1 aromatic carbocycles. The number of carbonyl (C=O) groups is 2. The Hall–Kier alpha value is -3.33. The molecule has 8 nitrogen and oxygen atoms in total. The van der Waals surface area contributed by atoms with Crippen LogP contribution in [0.15, 0.2) is 23.6 Å². The van der Waals surface area contributed by atoms with Crippen LogP contribution < -0.4 is 4.74 Å². The number of ether oxygens (including phenoxy) is 1. The Labute approximate surface area is 232 Å². The van der Waals surface area contributed by atoms with Gasteiger partial charge in [0, 0.05) is 58.2 Å². The Kier molecular flexibility index (Phi) is 5.95. The summed E-state index contributed by atoms with van der Waals surface area (Å²) in [4.78, 5) is 34.2. The van der Waals surface area contributed by atoms with Crippen molar-refractivity contribution >= 4 is 44.4 Å². The van der Waals surface area contributed by atoms with Crippen molar-refractivity contribution in [2.75, 3.05) is 33.3 Å². The van der Waals surface area contributed by atoms with Gasteiger partial charge in [-0.3, -0.25) is 9.59 Å². The molecule has 1 saturated carbocycles. The number of thiophene rings is 1. The Morgan fingerprint density at radius 1 is 1.05 bits per heavy atom. The van der Waals surface area contributed by atoms with E-state index in [0.29, 0.717) is 23.1 Å². The van der Waals surface area contributed by atoms with Crippen molar-refractivity contribution in [2.45, 2.75) is 51.5 Å². The van der Waals surface area contributed by atoms with Gasteiger partial charge in [0.05, 0.1) is 28.5 Å². The van der Waals surface area contributed by atoms with E-state index in [1.807, 2.05) is 29.0 Å². The second-order valence-corrected chi connectivity index (χ2v) is 12.4. The fraction of sp³-hybridized carbons (Fsp3) is 0.500. The molecule has 4 aromatic rings. The van der Waals surface area contributed by atoms with Crippen LogP contribution >= 0.6 is 11.3 Å². The van der Waals surface area contributed by atoms with Gasteiger partial charge in [-0.05, 0) is 67.2 Å². The molecule has 0 N–H and O–H groups in total. The SMILES string of the molecule is COc1cc(C(=O)N2CCCCC2)cc2nc(-c3cc4scc(C5CN(C(C)=O)C5)c4n3CC3CC3)n(C)c12. The average Bonchev–Trinajstić information content (AvgIpc) is 3.41. The van der Waals surface area contributed by atoms with Crippen LogP contribution in [0.25, 0.3) is 32.8 Å². The zero-order valence-corrected chi connectivity index (χ0v) is 23.7. The second-order valence-electron chi connectivity index (χ2n) is 11.5. The van der Waals surface area contributed by atoms with Gasteiger partial charge in [0.25, 0.3) is 5.91 Å². The first kappa shape index (κ1) is 24.7. The van der Waals surface area contributed by atoms with Crippen LogP contribution in [0, 0.1) is 5.92 Å². The van der Waals surface area contributed by atoms with Crippen LogP contribution in [-0.2, 0) is 18.4 Å². The lowest BCUT2D eigenvalue weighted by Crippen LogP contribution is -2.47. The van der Waals surface area contributed by atoms with Crippen LogP contribution in [-0.4, -0.2) is 69.0 Å². The number of amides is 2. The maximum atomic E-state index is 13.3. The molecular formula is C30H35N5O3S. The van der Waals surface area contributed by atoms with Gasteiger partial charge < -0.3 is 23.7 Å². The van der Waals surface area contributed by atoms with Gasteiger partial charge >= 0.3 is 0 Å². The van der Waals surface area contributed by atoms with Crippen molar-refractivity contribution in [1.29, 1.82) is 0 Å². The van der Waals surface area contributed by atoms with Crippen LogP contribution in [0.1, 0.15) is 60.9 Å². The number of hydrogen-bond donors (Lipinski definition) is 0. The molecule has 3 aliphatic rings. The highest BCUT2D eigenvalue weighted by atomic mass is 32.1. The second kappa shape index (κ2) is 9.40. The molecule has 5 heterocycles. The van der Waals surface area contributed by atoms with E-state index in [2.05, 4.69) is 20.6 Å². The van der Waals surface area contributed by atoms with Crippen molar-refractivity contribution in [1.82, 2.24) is 23.9 Å². The third-order valence-corrected chi connectivity index (χ3v) is 9.76. The number of carbonyl (C=O) groups excluding carboxylic acids is 2. The monoisotopic (exact) mass is 545 g/mol. The minimum atomic E-state index is 0.0597. The third-order valence-electron chi connectivity index (χ3n) is 8.83. The predicted octanol–water partition coefficient (Wildman–Crippen LogP) is 5.25. The summed E-state index contributed by atoms with van der Waals surface area (Å²) in [6.07, 6.45) is 5.83. The topological polar surface area (TPSA) is 72.6 Å². The molecule has 2 amide bonds. The molecule has 7 rings (SSSR count). The van der Waals surface area contributed by atoms with E-state index in [0.717, 1.165) is 68.1 Å². The summed E-state index contributed by atoms with van der Waals surface area (Å²) >= 11 is 1.78.